The zero-order chi connectivity index (χ0) is 21.1. The molecule has 0 fully saturated rings. The lowest BCUT2D eigenvalue weighted by molar-refractivity contribution is 0.204. The fourth-order valence-corrected chi connectivity index (χ4v) is 4.47. The summed E-state index contributed by atoms with van der Waals surface area (Å²) in [5.74, 6) is 1.08. The molecule has 9 heteroatoms. The van der Waals surface area contributed by atoms with Gasteiger partial charge in [0.05, 0.1) is 18.0 Å². The smallest absolute Gasteiger partial charge is 0.240 e. The van der Waals surface area contributed by atoms with Crippen molar-refractivity contribution in [2.24, 2.45) is 4.99 Å². The van der Waals surface area contributed by atoms with Crippen molar-refractivity contribution in [3.8, 4) is 0 Å². The Morgan fingerprint density at radius 3 is 2.79 bits per heavy atom. The van der Waals surface area contributed by atoms with Crippen molar-refractivity contribution in [3.63, 3.8) is 0 Å². The van der Waals surface area contributed by atoms with E-state index in [1.807, 2.05) is 13.0 Å². The standard InChI is InChI=1S/C20H30N4O3S2/c1-4-21-20(22-13-16(2)18-8-11-28-15-18)23-14-17-6-5-7-19(12-17)29(25,26)24-9-10-27-3/h5-8,11-12,15-16,24H,4,9-10,13-14H2,1-3H3,(H2,21,22,23). The van der Waals surface area contributed by atoms with Crippen LogP contribution >= 0.6 is 11.3 Å². The molecule has 0 aliphatic rings. The Bertz CT molecular complexity index is 868. The average Bonchev–Trinajstić information content (AvgIpc) is 3.25. The largest absolute Gasteiger partial charge is 0.383 e. The third-order valence-corrected chi connectivity index (χ3v) is 6.42. The maximum Gasteiger partial charge on any atom is 0.240 e. The maximum absolute atomic E-state index is 12.4. The number of aliphatic imine (C=N–C) groups is 1. The summed E-state index contributed by atoms with van der Waals surface area (Å²) in [5, 5.41) is 10.8. The van der Waals surface area contributed by atoms with Crippen LogP contribution < -0.4 is 15.4 Å². The summed E-state index contributed by atoms with van der Waals surface area (Å²) in [6.07, 6.45) is 0. The second-order valence-electron chi connectivity index (χ2n) is 6.57. The highest BCUT2D eigenvalue weighted by Crippen LogP contribution is 2.17. The molecule has 0 aliphatic carbocycles. The van der Waals surface area contributed by atoms with E-state index in [-0.39, 0.29) is 11.4 Å². The van der Waals surface area contributed by atoms with Gasteiger partial charge in [-0.15, -0.1) is 0 Å². The number of sulfonamides is 1. The van der Waals surface area contributed by atoms with Gasteiger partial charge in [0.2, 0.25) is 10.0 Å². The predicted molar refractivity (Wildman–Crippen MR) is 119 cm³/mol. The molecule has 1 aromatic heterocycles. The van der Waals surface area contributed by atoms with E-state index in [1.54, 1.807) is 29.5 Å². The number of guanidine groups is 1. The number of methoxy groups -OCH3 is 1. The minimum absolute atomic E-state index is 0.227. The molecule has 3 N–H and O–H groups in total. The summed E-state index contributed by atoms with van der Waals surface area (Å²) < 4.78 is 32.1. The number of rotatable bonds is 11. The van der Waals surface area contributed by atoms with E-state index in [0.717, 1.165) is 18.7 Å². The van der Waals surface area contributed by atoms with Crippen LogP contribution in [0.5, 0.6) is 0 Å². The van der Waals surface area contributed by atoms with E-state index in [4.69, 9.17) is 4.74 Å². The lowest BCUT2D eigenvalue weighted by atomic mass is 10.1. The first-order valence-electron chi connectivity index (χ1n) is 9.58. The van der Waals surface area contributed by atoms with Crippen LogP contribution in [-0.4, -0.2) is 47.7 Å². The van der Waals surface area contributed by atoms with E-state index < -0.39 is 10.0 Å². The zero-order valence-corrected chi connectivity index (χ0v) is 18.8. The Labute approximate surface area is 177 Å². The number of ether oxygens (including phenoxy) is 1. The first kappa shape index (κ1) is 23.3. The summed E-state index contributed by atoms with van der Waals surface area (Å²) in [6.45, 7) is 6.63. The van der Waals surface area contributed by atoms with Crippen LogP contribution in [0, 0.1) is 0 Å². The molecule has 1 aromatic carbocycles. The molecule has 0 saturated heterocycles. The third-order valence-electron chi connectivity index (χ3n) is 4.26. The van der Waals surface area contributed by atoms with E-state index >= 15 is 0 Å². The van der Waals surface area contributed by atoms with Gasteiger partial charge in [0.25, 0.3) is 0 Å². The van der Waals surface area contributed by atoms with Crippen molar-refractivity contribution < 1.29 is 13.2 Å². The van der Waals surface area contributed by atoms with Crippen molar-refractivity contribution in [3.05, 3.63) is 52.2 Å². The molecular weight excluding hydrogens is 408 g/mol. The monoisotopic (exact) mass is 438 g/mol. The second kappa shape index (κ2) is 11.9. The van der Waals surface area contributed by atoms with E-state index in [9.17, 15) is 8.42 Å². The highest BCUT2D eigenvalue weighted by Gasteiger charge is 2.13. The lowest BCUT2D eigenvalue weighted by Crippen LogP contribution is -2.39. The normalized spacial score (nSPS) is 13.3. The van der Waals surface area contributed by atoms with Crippen molar-refractivity contribution in [1.29, 1.82) is 0 Å². The van der Waals surface area contributed by atoms with Crippen molar-refractivity contribution in [2.75, 3.05) is 33.4 Å². The molecule has 0 saturated carbocycles. The molecule has 1 heterocycles. The molecule has 7 nitrogen and oxygen atoms in total. The van der Waals surface area contributed by atoms with Crippen LogP contribution in [0.25, 0.3) is 0 Å². The van der Waals surface area contributed by atoms with Crippen molar-refractivity contribution >= 4 is 27.3 Å². The molecule has 0 amide bonds. The van der Waals surface area contributed by atoms with Gasteiger partial charge in [0.15, 0.2) is 5.96 Å². The van der Waals surface area contributed by atoms with Gasteiger partial charge in [0.1, 0.15) is 0 Å². The molecule has 1 atom stereocenters. The number of nitrogens with zero attached hydrogens (tertiary/aromatic N) is 1. The van der Waals surface area contributed by atoms with E-state index in [2.05, 4.69) is 44.1 Å². The van der Waals surface area contributed by atoms with Gasteiger partial charge in [-0.2, -0.15) is 11.3 Å². The molecule has 160 valence electrons. The Hall–Kier alpha value is -1.94. The van der Waals surface area contributed by atoms with Crippen LogP contribution in [0.15, 0.2) is 51.0 Å². The van der Waals surface area contributed by atoms with Gasteiger partial charge in [-0.25, -0.2) is 18.1 Å². The second-order valence-corrected chi connectivity index (χ2v) is 9.12. The molecule has 0 aliphatic heterocycles. The molecule has 29 heavy (non-hydrogen) atoms. The predicted octanol–water partition coefficient (Wildman–Crippen LogP) is 2.53. The SMILES string of the molecule is CCNC(=NCc1cccc(S(=O)(=O)NCCOC)c1)NCC(C)c1ccsc1. The van der Waals surface area contributed by atoms with Gasteiger partial charge in [0, 0.05) is 26.7 Å². The van der Waals surface area contributed by atoms with Crippen molar-refractivity contribution in [1.82, 2.24) is 15.4 Å². The quantitative estimate of drug-likeness (QED) is 0.285. The van der Waals surface area contributed by atoms with Crippen LogP contribution in [0.4, 0.5) is 0 Å². The molecule has 0 radical (unpaired) electrons. The van der Waals surface area contributed by atoms with Gasteiger partial charge in [-0.05, 0) is 52.9 Å². The summed E-state index contributed by atoms with van der Waals surface area (Å²) in [4.78, 5) is 4.82. The molecule has 0 bridgehead atoms. The summed E-state index contributed by atoms with van der Waals surface area (Å²) in [7, 11) is -2.03. The highest BCUT2D eigenvalue weighted by molar-refractivity contribution is 7.89. The van der Waals surface area contributed by atoms with Gasteiger partial charge in [-0.1, -0.05) is 19.1 Å². The minimum atomic E-state index is -3.56. The number of thiophene rings is 1. The van der Waals surface area contributed by atoms with Gasteiger partial charge >= 0.3 is 0 Å². The van der Waals surface area contributed by atoms with Crippen LogP contribution in [-0.2, 0) is 21.3 Å². The summed E-state index contributed by atoms with van der Waals surface area (Å²) in [6, 6.07) is 8.96. The minimum Gasteiger partial charge on any atom is -0.383 e. The Morgan fingerprint density at radius 1 is 1.28 bits per heavy atom. The van der Waals surface area contributed by atoms with E-state index in [0.29, 0.717) is 25.0 Å². The first-order valence-corrected chi connectivity index (χ1v) is 12.0. The number of hydrogen-bond acceptors (Lipinski definition) is 5. The number of hydrogen-bond donors (Lipinski definition) is 3. The topological polar surface area (TPSA) is 91.8 Å². The Balaban J connectivity index is 2.01. The van der Waals surface area contributed by atoms with Gasteiger partial charge in [-0.3, -0.25) is 0 Å². The number of nitrogens with one attached hydrogen (secondary N) is 3. The van der Waals surface area contributed by atoms with Crippen molar-refractivity contribution in [2.45, 2.75) is 31.2 Å². The molecule has 2 aromatic rings. The summed E-state index contributed by atoms with van der Waals surface area (Å²) >= 11 is 1.69. The molecule has 0 spiro atoms. The van der Waals surface area contributed by atoms with Gasteiger partial charge < -0.3 is 15.4 Å². The highest BCUT2D eigenvalue weighted by atomic mass is 32.2. The Morgan fingerprint density at radius 2 is 2.10 bits per heavy atom. The van der Waals surface area contributed by atoms with Crippen LogP contribution in [0.2, 0.25) is 0 Å². The zero-order valence-electron chi connectivity index (χ0n) is 17.1. The average molecular weight is 439 g/mol. The lowest BCUT2D eigenvalue weighted by Gasteiger charge is -2.15. The fraction of sp³-hybridized carbons (Fsp3) is 0.450. The van der Waals surface area contributed by atoms with Crippen LogP contribution in [0.3, 0.4) is 0 Å². The Kier molecular flexibility index (Phi) is 9.59. The maximum atomic E-state index is 12.4. The van der Waals surface area contributed by atoms with Crippen LogP contribution in [0.1, 0.15) is 30.9 Å². The number of benzene rings is 1. The third kappa shape index (κ3) is 7.77. The first-order chi connectivity index (χ1) is 14.0. The molecular formula is C20H30N4O3S2. The van der Waals surface area contributed by atoms with E-state index in [1.165, 1.54) is 12.7 Å². The molecule has 1 unspecified atom stereocenters. The molecule has 2 rings (SSSR count). The summed E-state index contributed by atoms with van der Waals surface area (Å²) in [5.41, 5.74) is 2.12. The fourth-order valence-electron chi connectivity index (χ4n) is 2.61.